The zero-order valence-corrected chi connectivity index (χ0v) is 12.3. The Morgan fingerprint density at radius 1 is 1.53 bits per heavy atom. The van der Waals surface area contributed by atoms with Crippen molar-refractivity contribution in [2.45, 2.75) is 50.7 Å². The molecule has 108 valence electrons. The van der Waals surface area contributed by atoms with Crippen molar-refractivity contribution in [2.24, 2.45) is 11.7 Å². The summed E-state index contributed by atoms with van der Waals surface area (Å²) in [6, 6.07) is 0.109. The lowest BCUT2D eigenvalue weighted by Gasteiger charge is -2.15. The van der Waals surface area contributed by atoms with Gasteiger partial charge in [-0.15, -0.1) is 0 Å². The third kappa shape index (κ3) is 3.16. The fourth-order valence-electron chi connectivity index (χ4n) is 2.54. The van der Waals surface area contributed by atoms with Gasteiger partial charge in [0.05, 0.1) is 0 Å². The lowest BCUT2D eigenvalue weighted by molar-refractivity contribution is 0.469. The topological polar surface area (TPSA) is 90.0 Å². The molecule has 2 rings (SSSR count). The Bertz CT molecular complexity index is 538. The summed E-state index contributed by atoms with van der Waals surface area (Å²) in [7, 11) is -3.52. The van der Waals surface area contributed by atoms with E-state index in [1.54, 1.807) is 13.1 Å². The molecule has 0 bridgehead atoms. The van der Waals surface area contributed by atoms with Gasteiger partial charge in [0.15, 0.2) is 5.03 Å². The number of aryl methyl sites for hydroxylation is 2. The van der Waals surface area contributed by atoms with Gasteiger partial charge in [-0.1, -0.05) is 6.42 Å². The number of hydrogen-bond donors (Lipinski definition) is 2. The minimum absolute atomic E-state index is 0.0958. The van der Waals surface area contributed by atoms with E-state index < -0.39 is 10.0 Å². The average Bonchev–Trinajstić information content (AvgIpc) is 2.93. The molecule has 2 atom stereocenters. The van der Waals surface area contributed by atoms with E-state index in [9.17, 15) is 8.42 Å². The fraction of sp³-hybridized carbons (Fsp3) is 0.750. The summed E-state index contributed by atoms with van der Waals surface area (Å²) in [6.45, 7) is 4.87. The lowest BCUT2D eigenvalue weighted by Crippen LogP contribution is -2.36. The zero-order valence-electron chi connectivity index (χ0n) is 11.5. The predicted octanol–water partition coefficient (Wildman–Crippen LogP) is 0.617. The van der Waals surface area contributed by atoms with E-state index in [0.717, 1.165) is 19.3 Å². The van der Waals surface area contributed by atoms with Gasteiger partial charge in [-0.2, -0.15) is 0 Å². The maximum atomic E-state index is 12.1. The van der Waals surface area contributed by atoms with E-state index in [2.05, 4.69) is 9.71 Å². The van der Waals surface area contributed by atoms with Crippen LogP contribution in [0.4, 0.5) is 0 Å². The number of nitrogens with one attached hydrogen (secondary N) is 1. The first-order valence-corrected chi connectivity index (χ1v) is 8.21. The highest BCUT2D eigenvalue weighted by Crippen LogP contribution is 2.23. The smallest absolute Gasteiger partial charge is 0.259 e. The highest BCUT2D eigenvalue weighted by molar-refractivity contribution is 7.89. The second kappa shape index (κ2) is 5.60. The van der Waals surface area contributed by atoms with Crippen molar-refractivity contribution in [1.82, 2.24) is 14.3 Å². The summed E-state index contributed by atoms with van der Waals surface area (Å²) in [6.07, 6.45) is 4.63. The number of nitrogens with zero attached hydrogens (tertiary/aromatic N) is 2. The third-order valence-corrected chi connectivity index (χ3v) is 5.12. The van der Waals surface area contributed by atoms with Crippen molar-refractivity contribution in [1.29, 1.82) is 0 Å². The van der Waals surface area contributed by atoms with Gasteiger partial charge in [0.25, 0.3) is 10.0 Å². The molecule has 3 N–H and O–H groups in total. The second-order valence-corrected chi connectivity index (χ2v) is 6.83. The molecule has 1 saturated carbocycles. The molecular formula is C12H22N4O2S. The number of aromatic nitrogens is 2. The lowest BCUT2D eigenvalue weighted by atomic mass is 10.1. The predicted molar refractivity (Wildman–Crippen MR) is 73.1 cm³/mol. The molecule has 1 aliphatic rings. The van der Waals surface area contributed by atoms with Crippen LogP contribution in [0.3, 0.4) is 0 Å². The first-order chi connectivity index (χ1) is 8.94. The van der Waals surface area contributed by atoms with Crippen LogP contribution in [0.15, 0.2) is 11.2 Å². The van der Waals surface area contributed by atoms with Crippen molar-refractivity contribution >= 4 is 10.0 Å². The van der Waals surface area contributed by atoms with E-state index in [1.165, 1.54) is 0 Å². The number of nitrogens with two attached hydrogens (primary N) is 1. The molecule has 1 aromatic heterocycles. The molecule has 0 amide bonds. The van der Waals surface area contributed by atoms with Crippen LogP contribution in [0.25, 0.3) is 0 Å². The van der Waals surface area contributed by atoms with Crippen LogP contribution in [-0.2, 0) is 16.6 Å². The Kier molecular flexibility index (Phi) is 4.27. The van der Waals surface area contributed by atoms with Gasteiger partial charge >= 0.3 is 0 Å². The van der Waals surface area contributed by atoms with Crippen LogP contribution in [0, 0.1) is 12.8 Å². The summed E-state index contributed by atoms with van der Waals surface area (Å²) in [5.74, 6) is 0.949. The second-order valence-electron chi connectivity index (χ2n) is 5.12. The van der Waals surface area contributed by atoms with E-state index >= 15 is 0 Å². The summed E-state index contributed by atoms with van der Waals surface area (Å²) in [5.41, 5.74) is 5.94. The molecule has 1 aliphatic carbocycles. The fourth-order valence-corrected chi connectivity index (χ4v) is 3.64. The van der Waals surface area contributed by atoms with Crippen molar-refractivity contribution in [3.05, 3.63) is 12.0 Å². The monoisotopic (exact) mass is 286 g/mol. The van der Waals surface area contributed by atoms with Crippen LogP contribution in [0.2, 0.25) is 0 Å². The average molecular weight is 286 g/mol. The van der Waals surface area contributed by atoms with E-state index in [-0.39, 0.29) is 17.0 Å². The van der Waals surface area contributed by atoms with Gasteiger partial charge in [-0.25, -0.2) is 18.1 Å². The molecule has 1 fully saturated rings. The van der Waals surface area contributed by atoms with Crippen molar-refractivity contribution in [3.63, 3.8) is 0 Å². The standard InChI is InChI=1S/C12H22N4O2S/c1-3-16-8-12(15-9(16)2)19(17,18)14-7-10-5-4-6-11(10)13/h8,10-11,14H,3-7,13H2,1-2H3. The zero-order chi connectivity index (χ0) is 14.0. The van der Waals surface area contributed by atoms with Crippen LogP contribution in [0.5, 0.6) is 0 Å². The molecule has 19 heavy (non-hydrogen) atoms. The largest absolute Gasteiger partial charge is 0.334 e. The molecule has 0 radical (unpaired) electrons. The highest BCUT2D eigenvalue weighted by Gasteiger charge is 2.26. The number of imidazole rings is 1. The Morgan fingerprint density at radius 3 is 2.79 bits per heavy atom. The van der Waals surface area contributed by atoms with Crippen molar-refractivity contribution in [3.8, 4) is 0 Å². The maximum absolute atomic E-state index is 12.1. The maximum Gasteiger partial charge on any atom is 0.259 e. The highest BCUT2D eigenvalue weighted by atomic mass is 32.2. The van der Waals surface area contributed by atoms with Gasteiger partial charge < -0.3 is 10.3 Å². The molecule has 0 saturated heterocycles. The van der Waals surface area contributed by atoms with Gasteiger partial charge in [-0.3, -0.25) is 0 Å². The Balaban J connectivity index is 2.05. The van der Waals surface area contributed by atoms with Crippen molar-refractivity contribution < 1.29 is 8.42 Å². The van der Waals surface area contributed by atoms with Crippen molar-refractivity contribution in [2.75, 3.05) is 6.54 Å². The normalized spacial score (nSPS) is 23.9. The van der Waals surface area contributed by atoms with E-state index in [1.807, 2.05) is 11.5 Å². The summed E-state index contributed by atoms with van der Waals surface area (Å²) >= 11 is 0. The van der Waals surface area contributed by atoms with Gasteiger partial charge in [0.2, 0.25) is 0 Å². The summed E-state index contributed by atoms with van der Waals surface area (Å²) in [4.78, 5) is 4.10. The summed E-state index contributed by atoms with van der Waals surface area (Å²) < 4.78 is 28.7. The Labute approximate surface area is 114 Å². The molecule has 0 aromatic carbocycles. The number of rotatable bonds is 5. The minimum Gasteiger partial charge on any atom is -0.334 e. The first kappa shape index (κ1) is 14.5. The molecule has 6 nitrogen and oxygen atoms in total. The van der Waals surface area contributed by atoms with Crippen LogP contribution in [-0.4, -0.2) is 30.6 Å². The van der Waals surface area contributed by atoms with Gasteiger partial charge in [-0.05, 0) is 32.6 Å². The molecule has 1 aromatic rings. The van der Waals surface area contributed by atoms with Gasteiger partial charge in [0, 0.05) is 25.3 Å². The molecule has 1 heterocycles. The molecular weight excluding hydrogens is 264 g/mol. The van der Waals surface area contributed by atoms with Crippen LogP contribution in [0.1, 0.15) is 32.0 Å². The first-order valence-electron chi connectivity index (χ1n) is 6.73. The van der Waals surface area contributed by atoms with E-state index in [4.69, 9.17) is 5.73 Å². The van der Waals surface area contributed by atoms with E-state index in [0.29, 0.717) is 18.9 Å². The minimum atomic E-state index is -3.52. The van der Waals surface area contributed by atoms with Gasteiger partial charge in [0.1, 0.15) is 5.82 Å². The SMILES string of the molecule is CCn1cc(S(=O)(=O)NCC2CCCC2N)nc1C. The molecule has 0 spiro atoms. The molecule has 0 aliphatic heterocycles. The Morgan fingerprint density at radius 2 is 2.26 bits per heavy atom. The van der Waals surface area contributed by atoms with Crippen LogP contribution >= 0.6 is 0 Å². The third-order valence-electron chi connectivity index (χ3n) is 3.82. The number of hydrogen-bond acceptors (Lipinski definition) is 4. The molecule has 7 heteroatoms. The van der Waals surface area contributed by atoms with Crippen LogP contribution < -0.4 is 10.5 Å². The quantitative estimate of drug-likeness (QED) is 0.830. The Hall–Kier alpha value is -0.920. The molecule has 2 unspecified atom stereocenters. The number of sulfonamides is 1. The summed E-state index contributed by atoms with van der Waals surface area (Å²) in [5, 5.41) is 0.0958.